The van der Waals surface area contributed by atoms with Gasteiger partial charge in [-0.2, -0.15) is 9.59 Å². The Hall–Kier alpha value is -2.52. The Morgan fingerprint density at radius 1 is 0.759 bits per heavy atom. The number of rotatable bonds is 5. The van der Waals surface area contributed by atoms with Gasteiger partial charge in [0.1, 0.15) is 0 Å². The standard InChI is InChI=1S/C20H25NO3S2.C9H18N2.C9H8O2S2.CO2.ClH/c1-20(2)16(13-6-8-21(20)9-7-13)12-17(22)19-10-14-4-5-15(26(3,23)24)11-18(14)25-19;1-9(2)8(10)7-3-5-11(9)6-4-7;1-13(10,11)8-3-2-7-4-5-12-9(7)6-8;2-1-3;/h4-5,10-11,13,16H,6-9,12H2,1-3H3;7-8H,3-6,10H2,1-2H3;2-6H,1H3;;1H/t16-;8-;;;/m11.../s1. The maximum Gasteiger partial charge on any atom is 0.373 e. The summed E-state index contributed by atoms with van der Waals surface area (Å²) in [5.74, 6) is 2.04. The highest BCUT2D eigenvalue weighted by atomic mass is 35.5. The molecule has 2 aromatic heterocycles. The summed E-state index contributed by atoms with van der Waals surface area (Å²) in [6, 6.07) is 14.6. The summed E-state index contributed by atoms with van der Waals surface area (Å²) in [6.45, 7) is 14.0. The van der Waals surface area contributed by atoms with Crippen molar-refractivity contribution in [3.8, 4) is 0 Å². The summed E-state index contributed by atoms with van der Waals surface area (Å²) in [5.41, 5.74) is 6.50. The molecule has 15 heteroatoms. The summed E-state index contributed by atoms with van der Waals surface area (Å²) in [5, 5.41) is 3.99. The fraction of sp³-hybridized carbons (Fsp3) is 0.538. The molecule has 4 aromatic rings. The van der Waals surface area contributed by atoms with Crippen molar-refractivity contribution in [2.45, 2.75) is 86.7 Å². The lowest BCUT2D eigenvalue weighted by Crippen LogP contribution is -2.67. The van der Waals surface area contributed by atoms with E-state index in [0.717, 1.165) is 44.1 Å². The zero-order chi connectivity index (χ0) is 38.9. The first kappa shape index (κ1) is 44.2. The molecule has 6 saturated heterocycles. The molecule has 6 aliphatic rings. The molecule has 4 bridgehead atoms. The van der Waals surface area contributed by atoms with Gasteiger partial charge in [0, 0.05) is 45.5 Å². The van der Waals surface area contributed by atoms with E-state index in [4.69, 9.17) is 15.3 Å². The molecule has 6 fully saturated rings. The number of sulfone groups is 2. The fourth-order valence-electron chi connectivity index (χ4n) is 8.57. The van der Waals surface area contributed by atoms with Crippen LogP contribution < -0.4 is 5.73 Å². The van der Waals surface area contributed by atoms with Crippen molar-refractivity contribution >= 4 is 86.9 Å². The van der Waals surface area contributed by atoms with Gasteiger partial charge in [0.25, 0.3) is 0 Å². The van der Waals surface area contributed by atoms with Crippen LogP contribution in [0.15, 0.2) is 63.7 Å². The minimum Gasteiger partial charge on any atom is -0.326 e. The third kappa shape index (κ3) is 9.70. The molecule has 10 rings (SSSR count). The Morgan fingerprint density at radius 2 is 1.24 bits per heavy atom. The SMILES string of the molecule is CC1(C)[C@H](CC(=O)c2cc3ccc(S(C)(=O)=O)cc3s2)C2CCN1CC2.CC1(C)[C@H](N)C2CCN1CC2.CS(=O)(=O)c1ccc2ccsc2c1.Cl.O=C=O. The highest BCUT2D eigenvalue weighted by Gasteiger charge is 2.48. The second kappa shape index (κ2) is 17.3. The lowest BCUT2D eigenvalue weighted by molar-refractivity contribution is -0.191. The lowest BCUT2D eigenvalue weighted by Gasteiger charge is -2.56. The van der Waals surface area contributed by atoms with Gasteiger partial charge in [-0.3, -0.25) is 14.6 Å². The van der Waals surface area contributed by atoms with Crippen LogP contribution in [0.25, 0.3) is 20.2 Å². The number of halogens is 1. The number of thiophene rings is 2. The maximum atomic E-state index is 13.0. The van der Waals surface area contributed by atoms with Crippen LogP contribution in [0.3, 0.4) is 0 Å². The van der Waals surface area contributed by atoms with E-state index in [2.05, 4.69) is 37.5 Å². The zero-order valence-electron chi connectivity index (χ0n) is 31.7. The number of hydrogen-bond acceptors (Lipinski definition) is 12. The molecule has 0 spiro atoms. The average Bonchev–Trinajstić information content (AvgIpc) is 3.76. The van der Waals surface area contributed by atoms with E-state index in [1.165, 1.54) is 62.6 Å². The molecule has 0 saturated carbocycles. The van der Waals surface area contributed by atoms with Gasteiger partial charge in [-0.15, -0.1) is 35.1 Å². The summed E-state index contributed by atoms with van der Waals surface area (Å²) in [6.07, 6.45) is 8.32. The normalized spacial score (nSPS) is 26.1. The Kier molecular flexibility index (Phi) is 14.2. The minimum atomic E-state index is -3.23. The predicted octanol–water partition coefficient (Wildman–Crippen LogP) is 6.96. The van der Waals surface area contributed by atoms with Crippen LogP contribution in [0.4, 0.5) is 0 Å². The molecule has 2 N–H and O–H groups in total. The van der Waals surface area contributed by atoms with Gasteiger partial charge in [-0.1, -0.05) is 12.1 Å². The highest BCUT2D eigenvalue weighted by Crippen LogP contribution is 2.46. The molecule has 6 aliphatic heterocycles. The smallest absolute Gasteiger partial charge is 0.326 e. The van der Waals surface area contributed by atoms with Crippen LogP contribution in [-0.2, 0) is 29.3 Å². The van der Waals surface area contributed by atoms with Gasteiger partial charge >= 0.3 is 6.15 Å². The third-order valence-electron chi connectivity index (χ3n) is 12.0. The van der Waals surface area contributed by atoms with E-state index >= 15 is 0 Å². The second-order valence-electron chi connectivity index (χ2n) is 15.8. The molecule has 0 amide bonds. The van der Waals surface area contributed by atoms with E-state index in [1.807, 2.05) is 23.6 Å². The maximum absolute atomic E-state index is 13.0. The first-order valence-electron chi connectivity index (χ1n) is 18.0. The Labute approximate surface area is 333 Å². The van der Waals surface area contributed by atoms with Crippen LogP contribution in [0.5, 0.6) is 0 Å². The predicted molar refractivity (Wildman–Crippen MR) is 219 cm³/mol. The molecule has 54 heavy (non-hydrogen) atoms. The van der Waals surface area contributed by atoms with Crippen molar-refractivity contribution < 1.29 is 31.2 Å². The summed E-state index contributed by atoms with van der Waals surface area (Å²) < 4.78 is 47.8. The summed E-state index contributed by atoms with van der Waals surface area (Å²) in [4.78, 5) is 35.8. The van der Waals surface area contributed by atoms with Crippen LogP contribution >= 0.6 is 35.1 Å². The van der Waals surface area contributed by atoms with Gasteiger partial charge in [0.2, 0.25) is 0 Å². The van der Waals surface area contributed by atoms with E-state index < -0.39 is 19.7 Å². The summed E-state index contributed by atoms with van der Waals surface area (Å²) >= 11 is 2.97. The Bertz CT molecular complexity index is 2190. The van der Waals surface area contributed by atoms with Crippen LogP contribution in [0, 0.1) is 17.8 Å². The summed E-state index contributed by atoms with van der Waals surface area (Å²) in [7, 11) is -6.30. The quantitative estimate of drug-likeness (QED) is 0.209. The number of piperidine rings is 6. The number of carbonyl (C=O) groups excluding carboxylic acids is 3. The first-order valence-corrected chi connectivity index (χ1v) is 23.4. The van der Waals surface area contributed by atoms with Crippen molar-refractivity contribution in [2.75, 3.05) is 38.7 Å². The average molecular weight is 839 g/mol. The first-order chi connectivity index (χ1) is 24.8. The van der Waals surface area contributed by atoms with Crippen LogP contribution in [0.2, 0.25) is 0 Å². The van der Waals surface area contributed by atoms with Crippen molar-refractivity contribution in [2.24, 2.45) is 23.5 Å². The van der Waals surface area contributed by atoms with E-state index in [-0.39, 0.29) is 35.4 Å². The van der Waals surface area contributed by atoms with E-state index in [0.29, 0.717) is 34.1 Å². The lowest BCUT2D eigenvalue weighted by atomic mass is 9.65. The van der Waals surface area contributed by atoms with Crippen molar-refractivity contribution in [1.29, 1.82) is 0 Å². The monoisotopic (exact) mass is 837 g/mol. The van der Waals surface area contributed by atoms with Gasteiger partial charge < -0.3 is 5.73 Å². The number of fused-ring (bicyclic) bond motifs is 8. The van der Waals surface area contributed by atoms with Gasteiger partial charge in [0.15, 0.2) is 25.5 Å². The van der Waals surface area contributed by atoms with Crippen LogP contribution in [0.1, 0.15) is 69.5 Å². The number of benzene rings is 2. The number of carbonyl (C=O) groups is 1. The molecule has 8 heterocycles. The molecule has 2 aromatic carbocycles. The second-order valence-corrected chi connectivity index (χ2v) is 21.8. The highest BCUT2D eigenvalue weighted by molar-refractivity contribution is 7.91. The number of Topliss-reactive ketones (excluding diaryl/α,β-unsaturated/α-hetero) is 1. The van der Waals surface area contributed by atoms with E-state index in [1.54, 1.807) is 41.7 Å². The number of hydrogen-bond donors (Lipinski definition) is 1. The van der Waals surface area contributed by atoms with Crippen molar-refractivity contribution in [3.05, 3.63) is 58.8 Å². The van der Waals surface area contributed by atoms with Crippen LogP contribution in [-0.4, -0.2) is 94.4 Å². The van der Waals surface area contributed by atoms with Crippen molar-refractivity contribution in [1.82, 2.24) is 9.80 Å². The molecule has 0 unspecified atom stereocenters. The molecule has 296 valence electrons. The van der Waals surface area contributed by atoms with E-state index in [9.17, 15) is 21.6 Å². The topological polar surface area (TPSA) is 152 Å². The van der Waals surface area contributed by atoms with Gasteiger partial charge in [0.05, 0.1) is 14.7 Å². The fourth-order valence-corrected chi connectivity index (χ4v) is 11.9. The molecular weight excluding hydrogens is 786 g/mol. The Morgan fingerprint density at radius 3 is 1.70 bits per heavy atom. The largest absolute Gasteiger partial charge is 0.373 e. The molecular formula is C39H52ClN3O7S4. The van der Waals surface area contributed by atoms with Gasteiger partial charge in [-0.25, -0.2) is 16.8 Å². The molecule has 0 aliphatic carbocycles. The van der Waals surface area contributed by atoms with Crippen molar-refractivity contribution in [3.63, 3.8) is 0 Å². The Balaban J connectivity index is 0.000000193. The third-order valence-corrected chi connectivity index (χ3v) is 16.2. The minimum absolute atomic E-state index is 0. The number of ketones is 1. The number of nitrogens with zero attached hydrogens (tertiary/aromatic N) is 2. The molecule has 10 nitrogen and oxygen atoms in total. The number of nitrogens with two attached hydrogens (primary N) is 1. The molecule has 0 radical (unpaired) electrons. The molecule has 2 atom stereocenters. The zero-order valence-corrected chi connectivity index (χ0v) is 35.8. The van der Waals surface area contributed by atoms with Gasteiger partial charge in [-0.05, 0) is 150 Å².